The normalized spacial score (nSPS) is 12.1. The first-order chi connectivity index (χ1) is 7.13. The SMILES string of the molecule is C[C@H](CO)NC(=O)Cc1ccccc1O. The molecule has 0 aliphatic rings. The van der Waals surface area contributed by atoms with Crippen molar-refractivity contribution in [3.05, 3.63) is 29.8 Å². The number of carbonyl (C=O) groups is 1. The van der Waals surface area contributed by atoms with Crippen molar-refractivity contribution < 1.29 is 15.0 Å². The molecule has 4 heteroatoms. The molecule has 0 bridgehead atoms. The van der Waals surface area contributed by atoms with Crippen LogP contribution in [0.4, 0.5) is 0 Å². The monoisotopic (exact) mass is 209 g/mol. The molecular formula is C11H15NO3. The van der Waals surface area contributed by atoms with Crippen LogP contribution in [0, 0.1) is 0 Å². The molecule has 0 aliphatic heterocycles. The molecule has 0 spiro atoms. The molecule has 82 valence electrons. The second-order valence-corrected chi connectivity index (χ2v) is 3.46. The molecule has 1 rings (SSSR count). The number of aliphatic hydroxyl groups excluding tert-OH is 1. The molecule has 1 amide bonds. The van der Waals surface area contributed by atoms with Crippen molar-refractivity contribution in [2.24, 2.45) is 0 Å². The average molecular weight is 209 g/mol. The van der Waals surface area contributed by atoms with E-state index in [-0.39, 0.29) is 30.7 Å². The van der Waals surface area contributed by atoms with E-state index in [0.29, 0.717) is 5.56 Å². The molecule has 0 unspecified atom stereocenters. The van der Waals surface area contributed by atoms with Gasteiger partial charge in [0.25, 0.3) is 0 Å². The predicted octanol–water partition coefficient (Wildman–Crippen LogP) is 0.432. The summed E-state index contributed by atoms with van der Waals surface area (Å²) in [6.45, 7) is 1.62. The van der Waals surface area contributed by atoms with Crippen molar-refractivity contribution in [3.63, 3.8) is 0 Å². The largest absolute Gasteiger partial charge is 0.508 e. The number of phenols is 1. The number of hydrogen-bond donors (Lipinski definition) is 3. The van der Waals surface area contributed by atoms with Crippen molar-refractivity contribution in [2.45, 2.75) is 19.4 Å². The van der Waals surface area contributed by atoms with E-state index in [1.165, 1.54) is 6.07 Å². The maximum atomic E-state index is 11.4. The third-order valence-corrected chi connectivity index (χ3v) is 2.02. The zero-order chi connectivity index (χ0) is 11.3. The number of hydrogen-bond acceptors (Lipinski definition) is 3. The maximum Gasteiger partial charge on any atom is 0.224 e. The van der Waals surface area contributed by atoms with Crippen LogP contribution in [0.5, 0.6) is 5.75 Å². The highest BCUT2D eigenvalue weighted by atomic mass is 16.3. The van der Waals surface area contributed by atoms with Crippen molar-refractivity contribution in [3.8, 4) is 5.75 Å². The van der Waals surface area contributed by atoms with E-state index >= 15 is 0 Å². The van der Waals surface area contributed by atoms with Gasteiger partial charge in [0.2, 0.25) is 5.91 Å². The lowest BCUT2D eigenvalue weighted by atomic mass is 10.1. The molecule has 3 N–H and O–H groups in total. The molecule has 0 radical (unpaired) electrons. The molecule has 0 saturated heterocycles. The molecular weight excluding hydrogens is 194 g/mol. The van der Waals surface area contributed by atoms with E-state index in [2.05, 4.69) is 5.32 Å². The molecule has 0 fully saturated rings. The summed E-state index contributed by atoms with van der Waals surface area (Å²) < 4.78 is 0. The Kier molecular flexibility index (Phi) is 4.12. The molecule has 0 aliphatic carbocycles. The van der Waals surface area contributed by atoms with Crippen LogP contribution >= 0.6 is 0 Å². The fraction of sp³-hybridized carbons (Fsp3) is 0.364. The maximum absolute atomic E-state index is 11.4. The molecule has 15 heavy (non-hydrogen) atoms. The number of aliphatic hydroxyl groups is 1. The summed E-state index contributed by atoms with van der Waals surface area (Å²) in [5.74, 6) is -0.0950. The highest BCUT2D eigenvalue weighted by Gasteiger charge is 2.09. The summed E-state index contributed by atoms with van der Waals surface area (Å²) in [4.78, 5) is 11.4. The van der Waals surface area contributed by atoms with Crippen molar-refractivity contribution in [1.29, 1.82) is 0 Å². The Labute approximate surface area is 88.6 Å². The summed E-state index contributed by atoms with van der Waals surface area (Å²) >= 11 is 0. The van der Waals surface area contributed by atoms with Gasteiger partial charge in [0.15, 0.2) is 0 Å². The van der Waals surface area contributed by atoms with Gasteiger partial charge >= 0.3 is 0 Å². The first-order valence-electron chi connectivity index (χ1n) is 4.80. The topological polar surface area (TPSA) is 69.6 Å². The van der Waals surface area contributed by atoms with Gasteiger partial charge in [0, 0.05) is 11.6 Å². The van der Waals surface area contributed by atoms with Crippen LogP contribution in [0.15, 0.2) is 24.3 Å². The van der Waals surface area contributed by atoms with Gasteiger partial charge < -0.3 is 15.5 Å². The Bertz CT molecular complexity index is 338. The third-order valence-electron chi connectivity index (χ3n) is 2.02. The fourth-order valence-electron chi connectivity index (χ4n) is 1.20. The number of para-hydroxylation sites is 1. The zero-order valence-corrected chi connectivity index (χ0v) is 8.60. The molecule has 0 heterocycles. The van der Waals surface area contributed by atoms with Crippen molar-refractivity contribution in [1.82, 2.24) is 5.32 Å². The van der Waals surface area contributed by atoms with Crippen LogP contribution in [0.25, 0.3) is 0 Å². The third kappa shape index (κ3) is 3.59. The van der Waals surface area contributed by atoms with Crippen LogP contribution in [0.1, 0.15) is 12.5 Å². The Hall–Kier alpha value is -1.55. The van der Waals surface area contributed by atoms with Gasteiger partial charge in [-0.3, -0.25) is 4.79 Å². The predicted molar refractivity (Wildman–Crippen MR) is 56.5 cm³/mol. The highest BCUT2D eigenvalue weighted by Crippen LogP contribution is 2.15. The Balaban J connectivity index is 2.55. The lowest BCUT2D eigenvalue weighted by Crippen LogP contribution is -2.35. The number of amides is 1. The van der Waals surface area contributed by atoms with Gasteiger partial charge in [-0.25, -0.2) is 0 Å². The van der Waals surface area contributed by atoms with Gasteiger partial charge in [0.05, 0.1) is 13.0 Å². The van der Waals surface area contributed by atoms with Crippen LogP contribution < -0.4 is 5.32 Å². The van der Waals surface area contributed by atoms with Gasteiger partial charge in [-0.05, 0) is 13.0 Å². The lowest BCUT2D eigenvalue weighted by molar-refractivity contribution is -0.121. The quantitative estimate of drug-likeness (QED) is 0.673. The zero-order valence-electron chi connectivity index (χ0n) is 8.60. The summed E-state index contributed by atoms with van der Waals surface area (Å²) in [5.41, 5.74) is 0.583. The second kappa shape index (κ2) is 5.36. The molecule has 0 saturated carbocycles. The van der Waals surface area contributed by atoms with E-state index in [1.807, 2.05) is 0 Å². The molecule has 1 aromatic rings. The first kappa shape index (κ1) is 11.5. The van der Waals surface area contributed by atoms with E-state index in [1.54, 1.807) is 25.1 Å². The molecule has 4 nitrogen and oxygen atoms in total. The smallest absolute Gasteiger partial charge is 0.224 e. The summed E-state index contributed by atoms with van der Waals surface area (Å²) in [5, 5.41) is 20.8. The number of aromatic hydroxyl groups is 1. The Morgan fingerprint density at radius 2 is 2.13 bits per heavy atom. The highest BCUT2D eigenvalue weighted by molar-refractivity contribution is 5.79. The van der Waals surface area contributed by atoms with Gasteiger partial charge in [-0.1, -0.05) is 18.2 Å². The minimum Gasteiger partial charge on any atom is -0.508 e. The number of nitrogens with one attached hydrogen (secondary N) is 1. The lowest BCUT2D eigenvalue weighted by Gasteiger charge is -2.11. The number of benzene rings is 1. The average Bonchev–Trinajstić information content (AvgIpc) is 2.21. The first-order valence-corrected chi connectivity index (χ1v) is 4.80. The van der Waals surface area contributed by atoms with E-state index < -0.39 is 0 Å². The van der Waals surface area contributed by atoms with Crippen LogP contribution in [0.3, 0.4) is 0 Å². The van der Waals surface area contributed by atoms with Crippen LogP contribution in [0.2, 0.25) is 0 Å². The second-order valence-electron chi connectivity index (χ2n) is 3.46. The van der Waals surface area contributed by atoms with Gasteiger partial charge in [0.1, 0.15) is 5.75 Å². The van der Waals surface area contributed by atoms with Crippen molar-refractivity contribution in [2.75, 3.05) is 6.61 Å². The summed E-state index contributed by atoms with van der Waals surface area (Å²) in [6.07, 6.45) is 0.122. The molecule has 1 atom stereocenters. The Morgan fingerprint density at radius 1 is 1.47 bits per heavy atom. The minimum absolute atomic E-state index is 0.0908. The van der Waals surface area contributed by atoms with Crippen molar-refractivity contribution >= 4 is 5.91 Å². The number of phenolic OH excluding ortho intramolecular Hbond substituents is 1. The summed E-state index contributed by atoms with van der Waals surface area (Å²) in [6, 6.07) is 6.44. The van der Waals surface area contributed by atoms with E-state index in [9.17, 15) is 9.90 Å². The summed E-state index contributed by atoms with van der Waals surface area (Å²) in [7, 11) is 0. The standard InChI is InChI=1S/C11H15NO3/c1-8(7-13)12-11(15)6-9-4-2-3-5-10(9)14/h2-5,8,13-14H,6-7H2,1H3,(H,12,15)/t8-/m1/s1. The fourth-order valence-corrected chi connectivity index (χ4v) is 1.20. The molecule has 0 aromatic heterocycles. The Morgan fingerprint density at radius 3 is 2.73 bits per heavy atom. The number of rotatable bonds is 4. The van der Waals surface area contributed by atoms with Gasteiger partial charge in [-0.2, -0.15) is 0 Å². The van der Waals surface area contributed by atoms with Crippen LogP contribution in [-0.2, 0) is 11.2 Å². The van der Waals surface area contributed by atoms with E-state index in [4.69, 9.17) is 5.11 Å². The molecule has 1 aromatic carbocycles. The number of carbonyl (C=O) groups excluding carboxylic acids is 1. The minimum atomic E-state index is -0.261. The van der Waals surface area contributed by atoms with E-state index in [0.717, 1.165) is 0 Å². The van der Waals surface area contributed by atoms with Crippen LogP contribution in [-0.4, -0.2) is 28.8 Å². The van der Waals surface area contributed by atoms with Gasteiger partial charge in [-0.15, -0.1) is 0 Å².